The molecule has 2 N–H and O–H groups in total. The van der Waals surface area contributed by atoms with Crippen LogP contribution in [0.1, 0.15) is 44.7 Å². The van der Waals surface area contributed by atoms with Crippen molar-refractivity contribution in [2.75, 3.05) is 25.1 Å². The van der Waals surface area contributed by atoms with E-state index in [0.29, 0.717) is 0 Å². The molecule has 0 radical (unpaired) electrons. The van der Waals surface area contributed by atoms with E-state index in [0.717, 1.165) is 36.7 Å². The zero-order valence-corrected chi connectivity index (χ0v) is 12.4. The fourth-order valence-electron chi connectivity index (χ4n) is 2.64. The Morgan fingerprint density at radius 2 is 2.16 bits per heavy atom. The number of nitrogens with zero attached hydrogens (tertiary/aromatic N) is 1. The summed E-state index contributed by atoms with van der Waals surface area (Å²) >= 11 is 0. The third-order valence-corrected chi connectivity index (χ3v) is 3.73. The van der Waals surface area contributed by atoms with Gasteiger partial charge in [-0.1, -0.05) is 13.0 Å². The van der Waals surface area contributed by atoms with Crippen molar-refractivity contribution in [2.24, 2.45) is 11.7 Å². The number of benzene rings is 1. The first-order valence-electron chi connectivity index (χ1n) is 7.34. The van der Waals surface area contributed by atoms with E-state index in [2.05, 4.69) is 24.0 Å². The fraction of sp³-hybridized carbons (Fsp3) is 0.625. The van der Waals surface area contributed by atoms with E-state index in [1.807, 2.05) is 13.0 Å². The van der Waals surface area contributed by atoms with Gasteiger partial charge in [0.05, 0.1) is 7.11 Å². The molecule has 2 rings (SSSR count). The summed E-state index contributed by atoms with van der Waals surface area (Å²) in [5.74, 6) is 1.78. The molecule has 19 heavy (non-hydrogen) atoms. The van der Waals surface area contributed by atoms with Gasteiger partial charge in [0.1, 0.15) is 5.75 Å². The number of anilines is 1. The fourth-order valence-corrected chi connectivity index (χ4v) is 2.64. The molecule has 1 fully saturated rings. The van der Waals surface area contributed by atoms with Gasteiger partial charge >= 0.3 is 0 Å². The molecule has 0 saturated heterocycles. The summed E-state index contributed by atoms with van der Waals surface area (Å²) in [7, 11) is 1.72. The highest BCUT2D eigenvalue weighted by Crippen LogP contribution is 2.37. The molecule has 1 aliphatic carbocycles. The molecule has 1 saturated carbocycles. The smallest absolute Gasteiger partial charge is 0.125 e. The quantitative estimate of drug-likeness (QED) is 0.819. The topological polar surface area (TPSA) is 38.5 Å². The number of methoxy groups -OCH3 is 1. The molecule has 3 nitrogen and oxygen atoms in total. The first-order valence-corrected chi connectivity index (χ1v) is 7.34. The Morgan fingerprint density at radius 3 is 2.68 bits per heavy atom. The second kappa shape index (κ2) is 6.29. The summed E-state index contributed by atoms with van der Waals surface area (Å²) < 4.78 is 5.49. The molecular weight excluding hydrogens is 236 g/mol. The highest BCUT2D eigenvalue weighted by molar-refractivity contribution is 5.61. The third kappa shape index (κ3) is 3.41. The second-order valence-corrected chi connectivity index (χ2v) is 5.57. The lowest BCUT2D eigenvalue weighted by Crippen LogP contribution is -2.28. The molecule has 0 unspecified atom stereocenters. The van der Waals surface area contributed by atoms with Crippen LogP contribution in [0.5, 0.6) is 5.75 Å². The first-order chi connectivity index (χ1) is 9.17. The normalized spacial score (nSPS) is 16.2. The molecule has 1 aromatic carbocycles. The standard InChI is InChI=1S/C16H26N2O/c1-4-10-18(11-13-8-9-13)14-6-5-7-15(19-3)16(14)12(2)17/h5-7,12-13H,4,8-11,17H2,1-3H3/t12-/m1/s1. The largest absolute Gasteiger partial charge is 0.496 e. The van der Waals surface area contributed by atoms with E-state index in [4.69, 9.17) is 10.5 Å². The zero-order valence-electron chi connectivity index (χ0n) is 12.4. The van der Waals surface area contributed by atoms with Gasteiger partial charge in [0.15, 0.2) is 0 Å². The molecule has 1 aromatic rings. The molecular formula is C16H26N2O. The second-order valence-electron chi connectivity index (χ2n) is 5.57. The predicted octanol–water partition coefficient (Wildman–Crippen LogP) is 3.34. The van der Waals surface area contributed by atoms with Crippen LogP contribution in [0.3, 0.4) is 0 Å². The van der Waals surface area contributed by atoms with Crippen LogP contribution >= 0.6 is 0 Å². The van der Waals surface area contributed by atoms with E-state index in [9.17, 15) is 0 Å². The molecule has 0 amide bonds. The lowest BCUT2D eigenvalue weighted by molar-refractivity contribution is 0.407. The minimum Gasteiger partial charge on any atom is -0.496 e. The Hall–Kier alpha value is -1.22. The lowest BCUT2D eigenvalue weighted by Gasteiger charge is -2.29. The average Bonchev–Trinajstić information content (AvgIpc) is 3.21. The molecule has 0 heterocycles. The Morgan fingerprint density at radius 1 is 1.42 bits per heavy atom. The summed E-state index contributed by atoms with van der Waals surface area (Å²) in [5.41, 5.74) is 8.56. The summed E-state index contributed by atoms with van der Waals surface area (Å²) in [6.07, 6.45) is 3.90. The monoisotopic (exact) mass is 262 g/mol. The van der Waals surface area contributed by atoms with Crippen molar-refractivity contribution in [3.05, 3.63) is 23.8 Å². The SMILES string of the molecule is CCCN(CC1CC1)c1cccc(OC)c1[C@@H](C)N. The van der Waals surface area contributed by atoms with Crippen LogP contribution in [0.2, 0.25) is 0 Å². The minimum atomic E-state index is -0.00953. The Kier molecular flexibility index (Phi) is 4.70. The number of nitrogens with two attached hydrogens (primary N) is 1. The van der Waals surface area contributed by atoms with E-state index in [1.54, 1.807) is 7.11 Å². The van der Waals surface area contributed by atoms with E-state index in [-0.39, 0.29) is 6.04 Å². The first kappa shape index (κ1) is 14.2. The molecule has 1 aliphatic rings. The predicted molar refractivity (Wildman–Crippen MR) is 80.8 cm³/mol. The van der Waals surface area contributed by atoms with Gasteiger partial charge in [-0.3, -0.25) is 0 Å². The van der Waals surface area contributed by atoms with Crippen molar-refractivity contribution in [1.29, 1.82) is 0 Å². The lowest BCUT2D eigenvalue weighted by atomic mass is 10.0. The van der Waals surface area contributed by atoms with Gasteiger partial charge in [0.2, 0.25) is 0 Å². The maximum atomic E-state index is 6.16. The Bertz CT molecular complexity index is 413. The van der Waals surface area contributed by atoms with Crippen LogP contribution in [0.4, 0.5) is 5.69 Å². The summed E-state index contributed by atoms with van der Waals surface area (Å²) in [6.45, 7) is 6.50. The summed E-state index contributed by atoms with van der Waals surface area (Å²) in [5, 5.41) is 0. The third-order valence-electron chi connectivity index (χ3n) is 3.73. The number of ether oxygens (including phenoxy) is 1. The van der Waals surface area contributed by atoms with Crippen molar-refractivity contribution in [1.82, 2.24) is 0 Å². The number of hydrogen-bond acceptors (Lipinski definition) is 3. The maximum Gasteiger partial charge on any atom is 0.125 e. The van der Waals surface area contributed by atoms with Crippen LogP contribution < -0.4 is 15.4 Å². The molecule has 0 aromatic heterocycles. The molecule has 3 heteroatoms. The average molecular weight is 262 g/mol. The van der Waals surface area contributed by atoms with Crippen LogP contribution in [0.15, 0.2) is 18.2 Å². The maximum absolute atomic E-state index is 6.16. The summed E-state index contributed by atoms with van der Waals surface area (Å²) in [4.78, 5) is 2.48. The molecule has 0 bridgehead atoms. The van der Waals surface area contributed by atoms with Crippen molar-refractivity contribution < 1.29 is 4.74 Å². The van der Waals surface area contributed by atoms with Gasteiger partial charge in [-0.2, -0.15) is 0 Å². The molecule has 106 valence electrons. The van der Waals surface area contributed by atoms with Crippen molar-refractivity contribution in [3.63, 3.8) is 0 Å². The van der Waals surface area contributed by atoms with Crippen molar-refractivity contribution in [2.45, 2.75) is 39.2 Å². The van der Waals surface area contributed by atoms with E-state index >= 15 is 0 Å². The molecule has 0 aliphatic heterocycles. The van der Waals surface area contributed by atoms with Gasteiger partial charge in [-0.15, -0.1) is 0 Å². The van der Waals surface area contributed by atoms with Crippen LogP contribution in [-0.4, -0.2) is 20.2 Å². The Labute approximate surface area is 116 Å². The van der Waals surface area contributed by atoms with E-state index in [1.165, 1.54) is 18.5 Å². The number of rotatable bonds is 7. The highest BCUT2D eigenvalue weighted by Gasteiger charge is 2.26. The number of hydrogen-bond donors (Lipinski definition) is 1. The van der Waals surface area contributed by atoms with Gasteiger partial charge in [-0.05, 0) is 44.2 Å². The summed E-state index contributed by atoms with van der Waals surface area (Å²) in [6, 6.07) is 6.24. The molecule has 1 atom stereocenters. The van der Waals surface area contributed by atoms with Crippen LogP contribution in [-0.2, 0) is 0 Å². The zero-order chi connectivity index (χ0) is 13.8. The van der Waals surface area contributed by atoms with Gasteiger partial charge in [-0.25, -0.2) is 0 Å². The van der Waals surface area contributed by atoms with Crippen molar-refractivity contribution in [3.8, 4) is 5.75 Å². The minimum absolute atomic E-state index is 0.00953. The Balaban J connectivity index is 2.33. The van der Waals surface area contributed by atoms with Gasteiger partial charge in [0, 0.05) is 30.4 Å². The van der Waals surface area contributed by atoms with Crippen molar-refractivity contribution >= 4 is 5.69 Å². The van der Waals surface area contributed by atoms with E-state index < -0.39 is 0 Å². The van der Waals surface area contributed by atoms with Crippen LogP contribution in [0.25, 0.3) is 0 Å². The van der Waals surface area contributed by atoms with Gasteiger partial charge in [0.25, 0.3) is 0 Å². The molecule has 0 spiro atoms. The van der Waals surface area contributed by atoms with Gasteiger partial charge < -0.3 is 15.4 Å². The highest BCUT2D eigenvalue weighted by atomic mass is 16.5. The van der Waals surface area contributed by atoms with Crippen LogP contribution in [0, 0.1) is 5.92 Å².